The molecule has 0 aliphatic carbocycles. The fraction of sp³-hybridized carbons (Fsp3) is 0.667. The first kappa shape index (κ1) is 19.2. The molecule has 1 amide bonds. The SMILES string of the molecule is CC(c1ccccc1)C1CCCC(C2(O)CN(C(=O)OC(C)(C)C)C2)N1. The number of nitrogens with one attached hydrogen (secondary N) is 1. The van der Waals surface area contributed by atoms with Gasteiger partial charge in [-0.3, -0.25) is 0 Å². The Hall–Kier alpha value is -1.59. The molecular weight excluding hydrogens is 328 g/mol. The summed E-state index contributed by atoms with van der Waals surface area (Å²) in [5, 5.41) is 14.7. The second-order valence-corrected chi connectivity index (χ2v) is 8.90. The number of β-amino-alcohol motifs (C(OH)–C–C–N with tert-alkyl or cyclic N) is 1. The minimum Gasteiger partial charge on any atom is -0.444 e. The van der Waals surface area contributed by atoms with Gasteiger partial charge in [-0.25, -0.2) is 4.79 Å². The van der Waals surface area contributed by atoms with Gasteiger partial charge < -0.3 is 20.1 Å². The summed E-state index contributed by atoms with van der Waals surface area (Å²) in [6.07, 6.45) is 2.80. The standard InChI is InChI=1S/C21H32N2O3/c1-15(16-9-6-5-7-10-16)17-11-8-12-18(22-17)21(25)13-23(14-21)19(24)26-20(2,3)4/h5-7,9-10,15,17-18,22,25H,8,11-14H2,1-4H3. The van der Waals surface area contributed by atoms with Crippen LogP contribution in [0.15, 0.2) is 30.3 Å². The van der Waals surface area contributed by atoms with E-state index in [4.69, 9.17) is 4.74 Å². The quantitative estimate of drug-likeness (QED) is 0.868. The Morgan fingerprint density at radius 2 is 1.92 bits per heavy atom. The fourth-order valence-electron chi connectivity index (χ4n) is 4.06. The number of carbonyl (C=O) groups excluding carboxylic acids is 1. The number of likely N-dealkylation sites (tertiary alicyclic amines) is 1. The number of nitrogens with zero attached hydrogens (tertiary/aromatic N) is 1. The molecule has 0 bridgehead atoms. The zero-order valence-electron chi connectivity index (χ0n) is 16.4. The summed E-state index contributed by atoms with van der Waals surface area (Å²) >= 11 is 0. The number of rotatable bonds is 3. The second kappa shape index (κ2) is 7.20. The van der Waals surface area contributed by atoms with Crippen LogP contribution in [0, 0.1) is 0 Å². The van der Waals surface area contributed by atoms with E-state index in [2.05, 4.69) is 36.5 Å². The molecule has 0 spiro atoms. The third-order valence-corrected chi connectivity index (χ3v) is 5.58. The molecule has 3 atom stereocenters. The van der Waals surface area contributed by atoms with Crippen molar-refractivity contribution in [2.24, 2.45) is 0 Å². The van der Waals surface area contributed by atoms with E-state index in [0.29, 0.717) is 25.0 Å². The van der Waals surface area contributed by atoms with Crippen LogP contribution >= 0.6 is 0 Å². The average Bonchev–Trinajstić information content (AvgIpc) is 2.57. The zero-order chi connectivity index (χ0) is 18.9. The van der Waals surface area contributed by atoms with E-state index >= 15 is 0 Å². The van der Waals surface area contributed by atoms with Crippen LogP contribution in [-0.4, -0.2) is 52.5 Å². The van der Waals surface area contributed by atoms with Crippen LogP contribution in [0.25, 0.3) is 0 Å². The molecule has 0 aromatic heterocycles. The molecule has 1 aromatic rings. The van der Waals surface area contributed by atoms with Crippen molar-refractivity contribution in [2.75, 3.05) is 13.1 Å². The number of amides is 1. The Labute approximate surface area is 156 Å². The molecule has 5 heteroatoms. The third kappa shape index (κ3) is 4.21. The molecule has 5 nitrogen and oxygen atoms in total. The monoisotopic (exact) mass is 360 g/mol. The summed E-state index contributed by atoms with van der Waals surface area (Å²) in [5.41, 5.74) is -0.0441. The third-order valence-electron chi connectivity index (χ3n) is 5.58. The molecular formula is C21H32N2O3. The van der Waals surface area contributed by atoms with Crippen LogP contribution in [0.3, 0.4) is 0 Å². The average molecular weight is 360 g/mol. The second-order valence-electron chi connectivity index (χ2n) is 8.90. The van der Waals surface area contributed by atoms with Crippen molar-refractivity contribution in [1.82, 2.24) is 10.2 Å². The number of carbonyl (C=O) groups is 1. The highest BCUT2D eigenvalue weighted by atomic mass is 16.6. The molecule has 2 N–H and O–H groups in total. The maximum Gasteiger partial charge on any atom is 0.410 e. The van der Waals surface area contributed by atoms with Crippen LogP contribution in [0.2, 0.25) is 0 Å². The Bertz CT molecular complexity index is 620. The fourth-order valence-corrected chi connectivity index (χ4v) is 4.06. The van der Waals surface area contributed by atoms with Gasteiger partial charge in [-0.1, -0.05) is 43.7 Å². The van der Waals surface area contributed by atoms with Gasteiger partial charge in [0.15, 0.2) is 0 Å². The number of ether oxygens (including phenoxy) is 1. The van der Waals surface area contributed by atoms with Crippen molar-refractivity contribution in [3.63, 3.8) is 0 Å². The smallest absolute Gasteiger partial charge is 0.410 e. The lowest BCUT2D eigenvalue weighted by Gasteiger charge is -2.52. The number of benzene rings is 1. The van der Waals surface area contributed by atoms with Crippen molar-refractivity contribution >= 4 is 6.09 Å². The molecule has 2 saturated heterocycles. The van der Waals surface area contributed by atoms with Gasteiger partial charge in [0.25, 0.3) is 0 Å². The van der Waals surface area contributed by atoms with Gasteiger partial charge in [0.1, 0.15) is 11.2 Å². The largest absolute Gasteiger partial charge is 0.444 e. The first-order valence-corrected chi connectivity index (χ1v) is 9.69. The van der Waals surface area contributed by atoms with E-state index in [-0.39, 0.29) is 12.1 Å². The summed E-state index contributed by atoms with van der Waals surface area (Å²) in [4.78, 5) is 13.7. The van der Waals surface area contributed by atoms with Crippen molar-refractivity contribution in [3.05, 3.63) is 35.9 Å². The molecule has 2 heterocycles. The molecule has 2 aliphatic rings. The minimum absolute atomic E-state index is 0.0195. The zero-order valence-corrected chi connectivity index (χ0v) is 16.4. The maximum absolute atomic E-state index is 12.1. The van der Waals surface area contributed by atoms with Crippen LogP contribution in [0.5, 0.6) is 0 Å². The Morgan fingerprint density at radius 1 is 1.27 bits per heavy atom. The van der Waals surface area contributed by atoms with Gasteiger partial charge in [0.2, 0.25) is 0 Å². The van der Waals surface area contributed by atoms with Crippen molar-refractivity contribution in [1.29, 1.82) is 0 Å². The normalized spacial score (nSPS) is 26.7. The lowest BCUT2D eigenvalue weighted by Crippen LogP contribution is -2.73. The molecule has 2 aliphatic heterocycles. The van der Waals surface area contributed by atoms with Gasteiger partial charge in [-0.2, -0.15) is 0 Å². The molecule has 0 radical (unpaired) electrons. The summed E-state index contributed by atoms with van der Waals surface area (Å²) < 4.78 is 5.39. The van der Waals surface area contributed by atoms with E-state index in [9.17, 15) is 9.90 Å². The molecule has 26 heavy (non-hydrogen) atoms. The van der Waals surface area contributed by atoms with Gasteiger partial charge in [-0.15, -0.1) is 0 Å². The van der Waals surface area contributed by atoms with E-state index < -0.39 is 11.2 Å². The van der Waals surface area contributed by atoms with Crippen molar-refractivity contribution in [2.45, 2.75) is 76.2 Å². The minimum atomic E-state index is -0.855. The maximum atomic E-state index is 12.1. The molecule has 0 saturated carbocycles. The van der Waals surface area contributed by atoms with Gasteiger partial charge in [0, 0.05) is 12.1 Å². The Balaban J connectivity index is 1.58. The van der Waals surface area contributed by atoms with Gasteiger partial charge in [-0.05, 0) is 45.1 Å². The molecule has 144 valence electrons. The van der Waals surface area contributed by atoms with Crippen LogP contribution in [0.1, 0.15) is 58.4 Å². The lowest BCUT2D eigenvalue weighted by atomic mass is 9.78. The molecule has 2 fully saturated rings. The highest BCUT2D eigenvalue weighted by molar-refractivity contribution is 5.69. The van der Waals surface area contributed by atoms with Crippen LogP contribution in [-0.2, 0) is 4.74 Å². The van der Waals surface area contributed by atoms with E-state index in [1.165, 1.54) is 5.56 Å². The number of piperidine rings is 1. The van der Waals surface area contributed by atoms with E-state index in [1.807, 2.05) is 26.8 Å². The molecule has 3 unspecified atom stereocenters. The Kier molecular flexibility index (Phi) is 5.31. The summed E-state index contributed by atoms with van der Waals surface area (Å²) in [7, 11) is 0. The van der Waals surface area contributed by atoms with Crippen molar-refractivity contribution < 1.29 is 14.6 Å². The summed E-state index contributed by atoms with van der Waals surface area (Å²) in [5.74, 6) is 0.393. The summed E-state index contributed by atoms with van der Waals surface area (Å²) in [6, 6.07) is 10.9. The molecule has 3 rings (SSSR count). The Morgan fingerprint density at radius 3 is 2.54 bits per heavy atom. The molecule has 1 aromatic carbocycles. The van der Waals surface area contributed by atoms with Gasteiger partial charge >= 0.3 is 6.09 Å². The lowest BCUT2D eigenvalue weighted by molar-refractivity contribution is -0.124. The van der Waals surface area contributed by atoms with Crippen LogP contribution in [0.4, 0.5) is 4.79 Å². The first-order valence-electron chi connectivity index (χ1n) is 9.69. The highest BCUT2D eigenvalue weighted by Crippen LogP contribution is 2.34. The summed E-state index contributed by atoms with van der Waals surface area (Å²) in [6.45, 7) is 8.49. The predicted molar refractivity (Wildman–Crippen MR) is 102 cm³/mol. The van der Waals surface area contributed by atoms with Crippen LogP contribution < -0.4 is 5.32 Å². The van der Waals surface area contributed by atoms with E-state index in [0.717, 1.165) is 19.3 Å². The topological polar surface area (TPSA) is 61.8 Å². The number of aliphatic hydroxyl groups is 1. The highest BCUT2D eigenvalue weighted by Gasteiger charge is 2.51. The van der Waals surface area contributed by atoms with Gasteiger partial charge in [0.05, 0.1) is 13.1 Å². The van der Waals surface area contributed by atoms with Crippen molar-refractivity contribution in [3.8, 4) is 0 Å². The predicted octanol–water partition coefficient (Wildman–Crippen LogP) is 3.28. The number of hydrogen-bond acceptors (Lipinski definition) is 4. The number of hydrogen-bond donors (Lipinski definition) is 2. The first-order chi connectivity index (χ1) is 12.2. The van der Waals surface area contributed by atoms with E-state index in [1.54, 1.807) is 4.90 Å².